The van der Waals surface area contributed by atoms with Gasteiger partial charge in [-0.1, -0.05) is 50.1 Å². The van der Waals surface area contributed by atoms with Gasteiger partial charge in [0.15, 0.2) is 0 Å². The minimum absolute atomic E-state index is 0.00131. The van der Waals surface area contributed by atoms with E-state index in [-0.39, 0.29) is 11.0 Å². The van der Waals surface area contributed by atoms with Gasteiger partial charge in [0.05, 0.1) is 13.2 Å². The van der Waals surface area contributed by atoms with Crippen LogP contribution in [0.1, 0.15) is 83.8 Å². The lowest BCUT2D eigenvalue weighted by Crippen LogP contribution is -2.52. The van der Waals surface area contributed by atoms with Crippen molar-refractivity contribution in [2.45, 2.75) is 104 Å². The number of ether oxygens (including phenoxy) is 1. The molecule has 0 saturated heterocycles. The molecule has 1 aromatic carbocycles. The molecule has 0 atom stereocenters. The van der Waals surface area contributed by atoms with Crippen molar-refractivity contribution in [3.63, 3.8) is 0 Å². The Morgan fingerprint density at radius 2 is 1.68 bits per heavy atom. The van der Waals surface area contributed by atoms with Gasteiger partial charge in [-0.3, -0.25) is 4.79 Å². The first-order chi connectivity index (χ1) is 14.6. The average Bonchev–Trinajstić information content (AvgIpc) is 2.61. The molecule has 174 valence electrons. The van der Waals surface area contributed by atoms with Crippen molar-refractivity contribution in [3.8, 4) is 0 Å². The van der Waals surface area contributed by atoms with E-state index in [2.05, 4.69) is 69.1 Å². The van der Waals surface area contributed by atoms with Crippen LogP contribution in [0.2, 0.25) is 0 Å². The molecule has 0 heterocycles. The van der Waals surface area contributed by atoms with Crippen molar-refractivity contribution in [1.29, 1.82) is 0 Å². The molecule has 0 bridgehead atoms. The quantitative estimate of drug-likeness (QED) is 0.493. The Kier molecular flexibility index (Phi) is 8.20. The van der Waals surface area contributed by atoms with E-state index >= 15 is 0 Å². The summed E-state index contributed by atoms with van der Waals surface area (Å²) in [5.74, 6) is 0.297. The number of hydrogen-bond donors (Lipinski definition) is 1. The topological polar surface area (TPSA) is 41.6 Å². The van der Waals surface area contributed by atoms with Gasteiger partial charge in [-0.25, -0.2) is 0 Å². The summed E-state index contributed by atoms with van der Waals surface area (Å²) in [7, 11) is 0. The maximum Gasteiger partial charge on any atom is 0.223 e. The second-order valence-electron chi connectivity index (χ2n) is 11.4. The van der Waals surface area contributed by atoms with Crippen LogP contribution >= 0.6 is 0 Å². The summed E-state index contributed by atoms with van der Waals surface area (Å²) in [4.78, 5) is 15.3. The largest absolute Gasteiger partial charge is 0.379 e. The number of nitrogens with zero attached hydrogens (tertiary/aromatic N) is 1. The molecular weight excluding hydrogens is 384 g/mol. The molecule has 0 spiro atoms. The predicted molar refractivity (Wildman–Crippen MR) is 128 cm³/mol. The Morgan fingerprint density at radius 3 is 2.23 bits per heavy atom. The minimum Gasteiger partial charge on any atom is -0.379 e. The van der Waals surface area contributed by atoms with Crippen LogP contribution in [0.5, 0.6) is 0 Å². The number of benzene rings is 1. The summed E-state index contributed by atoms with van der Waals surface area (Å²) < 4.78 is 6.18. The maximum absolute atomic E-state index is 13.2. The highest BCUT2D eigenvalue weighted by Crippen LogP contribution is 2.30. The van der Waals surface area contributed by atoms with Crippen molar-refractivity contribution in [3.05, 3.63) is 35.4 Å². The van der Waals surface area contributed by atoms with Gasteiger partial charge in [0.1, 0.15) is 0 Å². The number of hydrogen-bond acceptors (Lipinski definition) is 3. The normalized spacial score (nSPS) is 17.8. The zero-order chi connectivity index (χ0) is 22.5. The lowest BCUT2D eigenvalue weighted by Gasteiger charge is -2.42. The molecule has 2 fully saturated rings. The van der Waals surface area contributed by atoms with Gasteiger partial charge >= 0.3 is 0 Å². The highest BCUT2D eigenvalue weighted by atomic mass is 16.5. The second-order valence-corrected chi connectivity index (χ2v) is 11.4. The van der Waals surface area contributed by atoms with Gasteiger partial charge in [-0.05, 0) is 64.9 Å². The van der Waals surface area contributed by atoms with Crippen LogP contribution in [-0.2, 0) is 16.0 Å². The van der Waals surface area contributed by atoms with Crippen molar-refractivity contribution in [2.75, 3.05) is 19.8 Å². The Balaban J connectivity index is 1.48. The van der Waals surface area contributed by atoms with E-state index in [9.17, 15) is 4.79 Å². The fourth-order valence-electron chi connectivity index (χ4n) is 4.51. The van der Waals surface area contributed by atoms with E-state index in [4.69, 9.17) is 4.74 Å². The van der Waals surface area contributed by atoms with E-state index in [0.717, 1.165) is 25.8 Å². The first-order valence-corrected chi connectivity index (χ1v) is 12.3. The summed E-state index contributed by atoms with van der Waals surface area (Å²) in [5.41, 5.74) is 2.45. The fraction of sp³-hybridized carbons (Fsp3) is 0.741. The van der Waals surface area contributed by atoms with Gasteiger partial charge in [0.2, 0.25) is 5.91 Å². The van der Waals surface area contributed by atoms with Crippen LogP contribution in [0, 0.1) is 12.3 Å². The average molecular weight is 429 g/mol. The number of rotatable bonds is 12. The van der Waals surface area contributed by atoms with Crippen molar-refractivity contribution in [1.82, 2.24) is 10.2 Å². The van der Waals surface area contributed by atoms with Crippen molar-refractivity contribution >= 4 is 5.91 Å². The van der Waals surface area contributed by atoms with Crippen LogP contribution in [0.25, 0.3) is 0 Å². The van der Waals surface area contributed by atoms with Gasteiger partial charge in [0.25, 0.3) is 0 Å². The molecular formula is C27H44N2O2. The molecule has 0 aliphatic heterocycles. The summed E-state index contributed by atoms with van der Waals surface area (Å²) in [6, 6.07) is 9.63. The molecule has 0 radical (unpaired) electrons. The maximum atomic E-state index is 13.2. The molecule has 4 heteroatoms. The van der Waals surface area contributed by atoms with E-state index in [1.165, 1.54) is 36.8 Å². The molecule has 1 N–H and O–H groups in total. The molecule has 0 aromatic heterocycles. The third-order valence-electron chi connectivity index (χ3n) is 6.84. The smallest absolute Gasteiger partial charge is 0.223 e. The molecule has 4 nitrogen and oxygen atoms in total. The molecule has 0 unspecified atom stereocenters. The van der Waals surface area contributed by atoms with E-state index in [1.54, 1.807) is 0 Å². The first-order valence-electron chi connectivity index (χ1n) is 12.3. The summed E-state index contributed by atoms with van der Waals surface area (Å²) in [6.45, 7) is 13.2. The zero-order valence-corrected chi connectivity index (χ0v) is 20.5. The Bertz CT molecular complexity index is 702. The minimum atomic E-state index is -0.0539. The summed E-state index contributed by atoms with van der Waals surface area (Å²) in [5, 5.41) is 3.72. The molecule has 3 rings (SSSR count). The third kappa shape index (κ3) is 7.61. The number of amides is 1. The van der Waals surface area contributed by atoms with Crippen LogP contribution in [0.4, 0.5) is 0 Å². The fourth-order valence-corrected chi connectivity index (χ4v) is 4.51. The number of carbonyl (C=O) groups is 1. The molecule has 1 aromatic rings. The Hall–Kier alpha value is -1.39. The van der Waals surface area contributed by atoms with Crippen molar-refractivity contribution < 1.29 is 9.53 Å². The van der Waals surface area contributed by atoms with E-state index < -0.39 is 0 Å². The molecule has 1 amide bonds. The number of aryl methyl sites for hydroxylation is 2. The Morgan fingerprint density at radius 1 is 1.03 bits per heavy atom. The van der Waals surface area contributed by atoms with Crippen LogP contribution < -0.4 is 5.32 Å². The monoisotopic (exact) mass is 428 g/mol. The lowest BCUT2D eigenvalue weighted by atomic mass is 9.87. The van der Waals surface area contributed by atoms with Crippen molar-refractivity contribution in [2.24, 2.45) is 5.41 Å². The van der Waals surface area contributed by atoms with Crippen LogP contribution in [-0.4, -0.2) is 48.2 Å². The van der Waals surface area contributed by atoms with E-state index in [0.29, 0.717) is 37.6 Å². The lowest BCUT2D eigenvalue weighted by molar-refractivity contribution is -0.138. The Labute approximate surface area is 190 Å². The zero-order valence-electron chi connectivity index (χ0n) is 20.5. The summed E-state index contributed by atoms with van der Waals surface area (Å²) >= 11 is 0. The number of carbonyl (C=O) groups excluding carboxylic acids is 1. The van der Waals surface area contributed by atoms with Crippen LogP contribution in [0.3, 0.4) is 0 Å². The second kappa shape index (κ2) is 10.5. The molecule has 2 aliphatic carbocycles. The van der Waals surface area contributed by atoms with Gasteiger partial charge in [-0.2, -0.15) is 0 Å². The first kappa shape index (κ1) is 24.3. The standard InChI is InChI=1S/C27H44N2O2/c1-21-12-14-22(15-13-21)16-17-25(30)29(24-10-7-11-24)18-26(2,3)19-31-20-27(4,5)28-23-8-6-9-23/h12-15,23-24,28H,6-11,16-20H2,1-5H3. The predicted octanol–water partition coefficient (Wildman–Crippen LogP) is 5.27. The highest BCUT2D eigenvalue weighted by Gasteiger charge is 2.34. The van der Waals surface area contributed by atoms with E-state index in [1.807, 2.05) is 0 Å². The van der Waals surface area contributed by atoms with Gasteiger partial charge in [-0.15, -0.1) is 0 Å². The highest BCUT2D eigenvalue weighted by molar-refractivity contribution is 5.77. The van der Waals surface area contributed by atoms with Gasteiger partial charge < -0.3 is 15.0 Å². The molecule has 2 aliphatic rings. The van der Waals surface area contributed by atoms with Crippen LogP contribution in [0.15, 0.2) is 24.3 Å². The number of nitrogens with one attached hydrogen (secondary N) is 1. The van der Waals surface area contributed by atoms with Gasteiger partial charge in [0, 0.05) is 36.0 Å². The SMILES string of the molecule is Cc1ccc(CCC(=O)N(CC(C)(C)COCC(C)(C)NC2CCC2)C2CCC2)cc1. The molecule has 2 saturated carbocycles. The summed E-state index contributed by atoms with van der Waals surface area (Å²) in [6.07, 6.45) is 8.86. The third-order valence-corrected chi connectivity index (χ3v) is 6.84. The molecule has 31 heavy (non-hydrogen) atoms.